The van der Waals surface area contributed by atoms with Crippen molar-refractivity contribution in [3.63, 3.8) is 0 Å². The van der Waals surface area contributed by atoms with E-state index in [4.69, 9.17) is 10.00 Å². The SMILES string of the molecule is CC1CCC(OC#N)CC1. The van der Waals surface area contributed by atoms with Crippen LogP contribution in [0.5, 0.6) is 0 Å². The van der Waals surface area contributed by atoms with Gasteiger partial charge in [-0.25, -0.2) is 0 Å². The summed E-state index contributed by atoms with van der Waals surface area (Å²) in [5.74, 6) is 0.832. The minimum Gasteiger partial charge on any atom is -0.424 e. The predicted molar refractivity (Wildman–Crippen MR) is 38.1 cm³/mol. The van der Waals surface area contributed by atoms with E-state index in [0.717, 1.165) is 18.8 Å². The van der Waals surface area contributed by atoms with Crippen LogP contribution in [0.1, 0.15) is 32.6 Å². The second kappa shape index (κ2) is 3.46. The van der Waals surface area contributed by atoms with Gasteiger partial charge >= 0.3 is 0 Å². The van der Waals surface area contributed by atoms with Crippen LogP contribution in [0.15, 0.2) is 0 Å². The van der Waals surface area contributed by atoms with Crippen LogP contribution in [0, 0.1) is 17.4 Å². The lowest BCUT2D eigenvalue weighted by atomic mass is 9.89. The summed E-state index contributed by atoms with van der Waals surface area (Å²) in [6.07, 6.45) is 6.53. The fourth-order valence-electron chi connectivity index (χ4n) is 1.42. The first kappa shape index (κ1) is 7.40. The molecule has 0 aromatic heterocycles. The molecule has 2 heteroatoms. The van der Waals surface area contributed by atoms with Crippen molar-refractivity contribution >= 4 is 0 Å². The fourth-order valence-corrected chi connectivity index (χ4v) is 1.42. The Labute approximate surface area is 61.8 Å². The largest absolute Gasteiger partial charge is 0.424 e. The molecule has 0 radical (unpaired) electrons. The number of hydrogen-bond acceptors (Lipinski definition) is 2. The Balaban J connectivity index is 2.21. The highest BCUT2D eigenvalue weighted by molar-refractivity contribution is 4.72. The molecular weight excluding hydrogens is 126 g/mol. The summed E-state index contributed by atoms with van der Waals surface area (Å²) in [5, 5.41) is 8.21. The van der Waals surface area contributed by atoms with Gasteiger partial charge in [-0.1, -0.05) is 6.92 Å². The molecule has 0 unspecified atom stereocenters. The van der Waals surface area contributed by atoms with E-state index in [9.17, 15) is 0 Å². The van der Waals surface area contributed by atoms with Crippen LogP contribution in [0.4, 0.5) is 0 Å². The van der Waals surface area contributed by atoms with Crippen molar-refractivity contribution < 1.29 is 4.74 Å². The van der Waals surface area contributed by atoms with Crippen molar-refractivity contribution in [1.29, 1.82) is 5.26 Å². The van der Waals surface area contributed by atoms with Gasteiger partial charge in [-0.3, -0.25) is 0 Å². The lowest BCUT2D eigenvalue weighted by molar-refractivity contribution is 0.104. The topological polar surface area (TPSA) is 33.0 Å². The van der Waals surface area contributed by atoms with E-state index in [1.165, 1.54) is 12.8 Å². The first-order valence-electron chi connectivity index (χ1n) is 3.87. The van der Waals surface area contributed by atoms with Crippen LogP contribution in [0.2, 0.25) is 0 Å². The lowest BCUT2D eigenvalue weighted by Gasteiger charge is -2.23. The summed E-state index contributed by atoms with van der Waals surface area (Å²) in [5.41, 5.74) is 0. The third-order valence-corrected chi connectivity index (χ3v) is 2.18. The quantitative estimate of drug-likeness (QED) is 0.521. The van der Waals surface area contributed by atoms with Gasteiger partial charge in [0.25, 0.3) is 6.26 Å². The zero-order valence-corrected chi connectivity index (χ0v) is 6.34. The van der Waals surface area contributed by atoms with E-state index in [1.54, 1.807) is 6.26 Å². The molecule has 1 aliphatic rings. The van der Waals surface area contributed by atoms with Crippen molar-refractivity contribution in [2.24, 2.45) is 5.92 Å². The van der Waals surface area contributed by atoms with Gasteiger partial charge in [0, 0.05) is 0 Å². The average molecular weight is 139 g/mol. The van der Waals surface area contributed by atoms with Gasteiger partial charge in [0.15, 0.2) is 0 Å². The van der Waals surface area contributed by atoms with Crippen LogP contribution in [0.25, 0.3) is 0 Å². The van der Waals surface area contributed by atoms with E-state index < -0.39 is 0 Å². The third kappa shape index (κ3) is 1.91. The molecule has 10 heavy (non-hydrogen) atoms. The van der Waals surface area contributed by atoms with Gasteiger partial charge in [0.05, 0.1) is 0 Å². The lowest BCUT2D eigenvalue weighted by Crippen LogP contribution is -2.18. The first-order chi connectivity index (χ1) is 4.83. The molecule has 0 atom stereocenters. The summed E-state index contributed by atoms with van der Waals surface area (Å²) < 4.78 is 4.84. The maximum Gasteiger partial charge on any atom is 0.286 e. The zero-order valence-electron chi connectivity index (χ0n) is 6.34. The van der Waals surface area contributed by atoms with E-state index >= 15 is 0 Å². The summed E-state index contributed by atoms with van der Waals surface area (Å²) >= 11 is 0. The Hall–Kier alpha value is -0.710. The molecule has 56 valence electrons. The summed E-state index contributed by atoms with van der Waals surface area (Å²) in [6.45, 7) is 2.25. The minimum absolute atomic E-state index is 0.223. The smallest absolute Gasteiger partial charge is 0.286 e. The van der Waals surface area contributed by atoms with Crippen LogP contribution >= 0.6 is 0 Å². The predicted octanol–water partition coefficient (Wildman–Crippen LogP) is 2.06. The van der Waals surface area contributed by atoms with Crippen molar-refractivity contribution in [1.82, 2.24) is 0 Å². The number of hydrogen-bond donors (Lipinski definition) is 0. The second-order valence-corrected chi connectivity index (χ2v) is 3.09. The molecule has 1 aliphatic carbocycles. The Morgan fingerprint density at radius 2 is 1.90 bits per heavy atom. The number of rotatable bonds is 1. The van der Waals surface area contributed by atoms with Crippen LogP contribution < -0.4 is 0 Å². The van der Waals surface area contributed by atoms with Crippen molar-refractivity contribution in [3.8, 4) is 6.26 Å². The highest BCUT2D eigenvalue weighted by Gasteiger charge is 2.18. The second-order valence-electron chi connectivity index (χ2n) is 3.09. The van der Waals surface area contributed by atoms with E-state index in [-0.39, 0.29) is 6.10 Å². The number of ether oxygens (including phenoxy) is 1. The van der Waals surface area contributed by atoms with Crippen molar-refractivity contribution in [3.05, 3.63) is 0 Å². The molecule has 1 fully saturated rings. The highest BCUT2D eigenvalue weighted by atomic mass is 16.5. The van der Waals surface area contributed by atoms with Gasteiger partial charge in [0.2, 0.25) is 0 Å². The molecule has 0 N–H and O–H groups in total. The summed E-state index contributed by atoms with van der Waals surface area (Å²) in [4.78, 5) is 0. The third-order valence-electron chi connectivity index (χ3n) is 2.18. The van der Waals surface area contributed by atoms with Crippen LogP contribution in [-0.2, 0) is 4.74 Å². The van der Waals surface area contributed by atoms with Crippen LogP contribution in [0.3, 0.4) is 0 Å². The molecule has 0 bridgehead atoms. The molecule has 0 heterocycles. The van der Waals surface area contributed by atoms with Gasteiger partial charge < -0.3 is 4.74 Å². The van der Waals surface area contributed by atoms with Crippen molar-refractivity contribution in [2.75, 3.05) is 0 Å². The van der Waals surface area contributed by atoms with Crippen molar-refractivity contribution in [2.45, 2.75) is 38.7 Å². The van der Waals surface area contributed by atoms with E-state index in [1.807, 2.05) is 0 Å². The number of nitrogens with zero attached hydrogens (tertiary/aromatic N) is 1. The summed E-state index contributed by atoms with van der Waals surface area (Å²) in [6, 6.07) is 0. The maximum absolute atomic E-state index is 8.21. The van der Waals surface area contributed by atoms with E-state index in [2.05, 4.69) is 6.92 Å². The summed E-state index contributed by atoms with van der Waals surface area (Å²) in [7, 11) is 0. The molecule has 1 rings (SSSR count). The standard InChI is InChI=1S/C8H13NO/c1-7-2-4-8(5-3-7)10-6-9/h7-8H,2-5H2,1H3. The monoisotopic (exact) mass is 139 g/mol. The average Bonchev–Trinajstić information content (AvgIpc) is 1.95. The minimum atomic E-state index is 0.223. The molecule has 0 spiro atoms. The van der Waals surface area contributed by atoms with E-state index in [0.29, 0.717) is 0 Å². The Morgan fingerprint density at radius 1 is 1.30 bits per heavy atom. The Kier molecular flexibility index (Phi) is 2.56. The van der Waals surface area contributed by atoms with Gasteiger partial charge in [-0.2, -0.15) is 5.26 Å². The molecule has 0 aliphatic heterocycles. The van der Waals surface area contributed by atoms with Gasteiger partial charge in [0.1, 0.15) is 6.10 Å². The Morgan fingerprint density at radius 3 is 2.40 bits per heavy atom. The zero-order chi connectivity index (χ0) is 7.40. The molecule has 0 amide bonds. The van der Waals surface area contributed by atoms with Crippen LogP contribution in [-0.4, -0.2) is 6.10 Å². The molecule has 1 saturated carbocycles. The fraction of sp³-hybridized carbons (Fsp3) is 0.875. The first-order valence-corrected chi connectivity index (χ1v) is 3.87. The molecule has 0 saturated heterocycles. The molecule has 2 nitrogen and oxygen atoms in total. The molecular formula is C8H13NO. The Bertz CT molecular complexity index is 131. The number of nitriles is 1. The molecule has 0 aromatic carbocycles. The molecule has 0 aromatic rings. The maximum atomic E-state index is 8.21. The van der Waals surface area contributed by atoms with Gasteiger partial charge in [-0.05, 0) is 31.6 Å². The van der Waals surface area contributed by atoms with Gasteiger partial charge in [-0.15, -0.1) is 0 Å². The normalized spacial score (nSPS) is 32.8. The highest BCUT2D eigenvalue weighted by Crippen LogP contribution is 2.24.